The van der Waals surface area contributed by atoms with E-state index in [1.54, 1.807) is 12.1 Å². The number of aromatic nitrogens is 2. The number of benzene rings is 2. The van der Waals surface area contributed by atoms with Gasteiger partial charge < -0.3 is 21.1 Å². The number of aryl methyl sites for hydroxylation is 1. The number of carbonyl (C=O) groups excluding carboxylic acids is 2. The number of aromatic amines is 1. The molecule has 0 spiro atoms. The number of hydrogen-bond donors (Lipinski definition) is 5. The highest BCUT2D eigenvalue weighted by Crippen LogP contribution is 2.18. The minimum atomic E-state index is -0.729. The number of rotatable bonds is 6. The van der Waals surface area contributed by atoms with E-state index < -0.39 is 11.9 Å². The molecule has 28 heavy (non-hydrogen) atoms. The molecule has 6 N–H and O–H groups in total. The van der Waals surface area contributed by atoms with Gasteiger partial charge >= 0.3 is 6.03 Å². The van der Waals surface area contributed by atoms with Gasteiger partial charge in [0.2, 0.25) is 0 Å². The molecule has 0 radical (unpaired) electrons. The van der Waals surface area contributed by atoms with Crippen molar-refractivity contribution in [2.75, 3.05) is 10.6 Å². The summed E-state index contributed by atoms with van der Waals surface area (Å²) in [4.78, 5) is 31.1. The third-order valence-corrected chi connectivity index (χ3v) is 4.14. The van der Waals surface area contributed by atoms with Crippen LogP contribution >= 0.6 is 0 Å². The number of hydrogen-bond acceptors (Lipinski definition) is 4. The molecule has 1 aromatic heterocycles. The molecule has 1 heterocycles. The van der Waals surface area contributed by atoms with Crippen molar-refractivity contribution in [3.63, 3.8) is 0 Å². The molecule has 2 aromatic carbocycles. The number of urea groups is 1. The average Bonchev–Trinajstić information content (AvgIpc) is 3.04. The molecule has 8 nitrogen and oxygen atoms in total. The van der Waals surface area contributed by atoms with Crippen LogP contribution < -0.4 is 16.4 Å². The first-order valence-electron chi connectivity index (χ1n) is 8.78. The van der Waals surface area contributed by atoms with Crippen molar-refractivity contribution in [2.24, 2.45) is 5.73 Å². The van der Waals surface area contributed by atoms with Crippen LogP contribution in [0.2, 0.25) is 0 Å². The highest BCUT2D eigenvalue weighted by Gasteiger charge is 2.17. The van der Waals surface area contributed by atoms with E-state index in [1.807, 2.05) is 24.3 Å². The third kappa shape index (κ3) is 4.67. The molecule has 0 fully saturated rings. The number of primary amides is 1. The quantitative estimate of drug-likeness (QED) is 0.450. The summed E-state index contributed by atoms with van der Waals surface area (Å²) >= 11 is 0. The predicted molar refractivity (Wildman–Crippen MR) is 106 cm³/mol. The maximum absolute atomic E-state index is 12.2. The van der Waals surface area contributed by atoms with Crippen LogP contribution in [0.5, 0.6) is 5.75 Å². The lowest BCUT2D eigenvalue weighted by molar-refractivity contribution is 0.0997. The number of anilines is 2. The van der Waals surface area contributed by atoms with Crippen molar-refractivity contribution >= 4 is 23.4 Å². The molecule has 3 amide bonds. The molecule has 0 saturated heterocycles. The van der Waals surface area contributed by atoms with Crippen LogP contribution in [0.25, 0.3) is 0 Å². The Morgan fingerprint density at radius 2 is 1.82 bits per heavy atom. The molecule has 3 aromatic rings. The molecule has 0 aliphatic carbocycles. The Hall–Kier alpha value is -3.81. The Labute approximate surface area is 161 Å². The van der Waals surface area contributed by atoms with Crippen molar-refractivity contribution in [3.8, 4) is 5.75 Å². The Kier molecular flexibility index (Phi) is 5.59. The van der Waals surface area contributed by atoms with Gasteiger partial charge in [-0.2, -0.15) is 0 Å². The van der Waals surface area contributed by atoms with Crippen LogP contribution in [0.1, 0.15) is 34.4 Å². The van der Waals surface area contributed by atoms with E-state index in [2.05, 4.69) is 27.5 Å². The molecular weight excluding hydrogens is 358 g/mol. The highest BCUT2D eigenvalue weighted by molar-refractivity contribution is 6.04. The molecule has 8 heteroatoms. The van der Waals surface area contributed by atoms with Gasteiger partial charge in [-0.3, -0.25) is 10.1 Å². The van der Waals surface area contributed by atoms with E-state index in [0.29, 0.717) is 17.9 Å². The molecular formula is C20H21N5O3. The molecule has 0 bridgehead atoms. The molecule has 0 unspecified atom stereocenters. The number of nitrogens with zero attached hydrogens (tertiary/aromatic N) is 1. The van der Waals surface area contributed by atoms with Crippen molar-refractivity contribution in [2.45, 2.75) is 19.8 Å². The zero-order valence-electron chi connectivity index (χ0n) is 15.3. The monoisotopic (exact) mass is 379 g/mol. The number of aromatic hydroxyl groups is 1. The Morgan fingerprint density at radius 3 is 2.46 bits per heavy atom. The van der Waals surface area contributed by atoms with E-state index in [-0.39, 0.29) is 17.3 Å². The first-order valence-corrected chi connectivity index (χ1v) is 8.78. The fraction of sp³-hybridized carbons (Fsp3) is 0.150. The second-order valence-electron chi connectivity index (χ2n) is 6.25. The number of carbonyl (C=O) groups is 2. The summed E-state index contributed by atoms with van der Waals surface area (Å²) in [5.41, 5.74) is 8.05. The zero-order chi connectivity index (χ0) is 20.1. The SMILES string of the molecule is CCc1ccc(Cc2nc(NC(=O)Nc3cccc(O)c3)c(C(N)=O)[nH]2)cc1. The number of amides is 3. The second-order valence-corrected chi connectivity index (χ2v) is 6.25. The summed E-state index contributed by atoms with van der Waals surface area (Å²) in [5.74, 6) is -0.157. The number of phenolic OH excluding ortho intramolecular Hbond substituents is 1. The maximum Gasteiger partial charge on any atom is 0.324 e. The number of phenols is 1. The molecule has 0 aliphatic rings. The largest absolute Gasteiger partial charge is 0.508 e. The van der Waals surface area contributed by atoms with E-state index in [4.69, 9.17) is 5.73 Å². The lowest BCUT2D eigenvalue weighted by Gasteiger charge is -2.06. The van der Waals surface area contributed by atoms with E-state index in [1.165, 1.54) is 17.7 Å². The Morgan fingerprint density at radius 1 is 1.11 bits per heavy atom. The zero-order valence-corrected chi connectivity index (χ0v) is 15.3. The summed E-state index contributed by atoms with van der Waals surface area (Å²) in [7, 11) is 0. The summed E-state index contributed by atoms with van der Waals surface area (Å²) in [6, 6.07) is 13.5. The maximum atomic E-state index is 12.2. The van der Waals surface area contributed by atoms with Crippen LogP contribution in [0, 0.1) is 0 Å². The minimum Gasteiger partial charge on any atom is -0.508 e. The molecule has 0 saturated carbocycles. The number of nitrogens with two attached hydrogens (primary N) is 1. The lowest BCUT2D eigenvalue weighted by Crippen LogP contribution is -2.22. The van der Waals surface area contributed by atoms with Crippen molar-refractivity contribution in [3.05, 3.63) is 71.2 Å². The van der Waals surface area contributed by atoms with E-state index in [9.17, 15) is 14.7 Å². The first kappa shape index (κ1) is 19.0. The van der Waals surface area contributed by atoms with Gasteiger partial charge in [0.1, 0.15) is 17.3 Å². The highest BCUT2D eigenvalue weighted by atomic mass is 16.3. The van der Waals surface area contributed by atoms with Gasteiger partial charge in [0.25, 0.3) is 5.91 Å². The van der Waals surface area contributed by atoms with E-state index in [0.717, 1.165) is 12.0 Å². The average molecular weight is 379 g/mol. The normalized spacial score (nSPS) is 10.5. The van der Waals surface area contributed by atoms with Crippen LogP contribution in [-0.4, -0.2) is 27.0 Å². The van der Waals surface area contributed by atoms with E-state index >= 15 is 0 Å². The molecule has 0 aliphatic heterocycles. The van der Waals surface area contributed by atoms with Crippen LogP contribution in [0.4, 0.5) is 16.3 Å². The summed E-state index contributed by atoms with van der Waals surface area (Å²) in [6.07, 6.45) is 1.41. The van der Waals surface area contributed by atoms with Crippen molar-refractivity contribution < 1.29 is 14.7 Å². The number of imidazole rings is 1. The fourth-order valence-corrected chi connectivity index (χ4v) is 2.71. The van der Waals surface area contributed by atoms with Crippen LogP contribution in [-0.2, 0) is 12.8 Å². The Bertz CT molecular complexity index is 995. The molecule has 0 atom stereocenters. The Balaban J connectivity index is 1.74. The topological polar surface area (TPSA) is 133 Å². The van der Waals surface area contributed by atoms with Gasteiger partial charge in [-0.25, -0.2) is 9.78 Å². The van der Waals surface area contributed by atoms with Crippen molar-refractivity contribution in [1.29, 1.82) is 0 Å². The molecule has 3 rings (SSSR count). The smallest absolute Gasteiger partial charge is 0.324 e. The summed E-state index contributed by atoms with van der Waals surface area (Å²) in [5, 5.41) is 14.5. The van der Waals surface area contributed by atoms with Gasteiger partial charge in [0.05, 0.1) is 0 Å². The number of nitrogens with one attached hydrogen (secondary N) is 3. The summed E-state index contributed by atoms with van der Waals surface area (Å²) in [6.45, 7) is 2.08. The van der Waals surface area contributed by atoms with Crippen molar-refractivity contribution in [1.82, 2.24) is 9.97 Å². The fourth-order valence-electron chi connectivity index (χ4n) is 2.71. The first-order chi connectivity index (χ1) is 13.4. The second kappa shape index (κ2) is 8.26. The van der Waals surface area contributed by atoms with Gasteiger partial charge in [-0.05, 0) is 29.7 Å². The summed E-state index contributed by atoms with van der Waals surface area (Å²) < 4.78 is 0. The third-order valence-electron chi connectivity index (χ3n) is 4.14. The standard InChI is InChI=1S/C20H21N5O3/c1-2-12-6-8-13(9-7-12)10-16-23-17(18(21)27)19(24-16)25-20(28)22-14-4-3-5-15(26)11-14/h3-9,11,26H,2,10H2,1H3,(H2,21,27)(H,23,24)(H2,22,25,28). The van der Waals surface area contributed by atoms with Gasteiger partial charge in [-0.1, -0.05) is 37.3 Å². The van der Waals surface area contributed by atoms with Gasteiger partial charge in [-0.15, -0.1) is 0 Å². The lowest BCUT2D eigenvalue weighted by atomic mass is 10.1. The van der Waals surface area contributed by atoms with Crippen LogP contribution in [0.3, 0.4) is 0 Å². The minimum absolute atomic E-state index is 0.0197. The van der Waals surface area contributed by atoms with Gasteiger partial charge in [0.15, 0.2) is 5.82 Å². The predicted octanol–water partition coefficient (Wildman–Crippen LogP) is 3.01. The number of H-pyrrole nitrogens is 1. The van der Waals surface area contributed by atoms with Crippen LogP contribution in [0.15, 0.2) is 48.5 Å². The molecule has 144 valence electrons. The van der Waals surface area contributed by atoms with Gasteiger partial charge in [0, 0.05) is 18.2 Å².